The quantitative estimate of drug-likeness (QED) is 0.900. The topological polar surface area (TPSA) is 52.0 Å². The van der Waals surface area contributed by atoms with Crippen LogP contribution < -0.4 is 5.73 Å². The summed E-state index contributed by atoms with van der Waals surface area (Å²) in [6.45, 7) is 4.32. The summed E-state index contributed by atoms with van der Waals surface area (Å²) in [6, 6.07) is 8.84. The minimum absolute atomic E-state index is 0.370. The third kappa shape index (κ3) is 1.55. The maximum absolute atomic E-state index is 5.96. The van der Waals surface area contributed by atoms with Gasteiger partial charge in [0.15, 0.2) is 0 Å². The molecule has 3 heteroatoms. The van der Waals surface area contributed by atoms with Gasteiger partial charge in [-0.3, -0.25) is 0 Å². The fourth-order valence-electron chi connectivity index (χ4n) is 4.08. The van der Waals surface area contributed by atoms with Crippen molar-refractivity contribution < 1.29 is 4.52 Å². The summed E-state index contributed by atoms with van der Waals surface area (Å²) >= 11 is 0. The standard InChI is InChI=1S/C17H20N2O/c1-9(2)13-16(19-20-17(13)18)15-12-8-7-10-5-3-4-6-11(10)14(12)15/h3-6,9,12,14-15H,7-8,18H2,1-2H3. The van der Waals surface area contributed by atoms with Gasteiger partial charge in [0.05, 0.1) is 5.69 Å². The first-order valence-electron chi connectivity index (χ1n) is 7.51. The van der Waals surface area contributed by atoms with Gasteiger partial charge >= 0.3 is 0 Å². The van der Waals surface area contributed by atoms with Gasteiger partial charge in [-0.15, -0.1) is 0 Å². The molecule has 1 saturated carbocycles. The maximum Gasteiger partial charge on any atom is 0.225 e. The Hall–Kier alpha value is -1.77. The van der Waals surface area contributed by atoms with Crippen LogP contribution in [0.1, 0.15) is 60.4 Å². The van der Waals surface area contributed by atoms with Gasteiger partial charge in [0.1, 0.15) is 0 Å². The molecule has 0 radical (unpaired) electrons. The number of aromatic nitrogens is 1. The molecule has 1 fully saturated rings. The molecule has 4 rings (SSSR count). The predicted octanol–water partition coefficient (Wildman–Crippen LogP) is 3.82. The Morgan fingerprint density at radius 1 is 1.25 bits per heavy atom. The van der Waals surface area contributed by atoms with E-state index in [1.54, 1.807) is 0 Å². The number of benzene rings is 1. The molecule has 1 heterocycles. The Kier molecular flexibility index (Phi) is 2.47. The Balaban J connectivity index is 1.74. The van der Waals surface area contributed by atoms with E-state index in [1.807, 2.05) is 0 Å². The molecule has 0 amide bonds. The number of aryl methyl sites for hydroxylation is 1. The maximum atomic E-state index is 5.96. The van der Waals surface area contributed by atoms with Gasteiger partial charge in [0.2, 0.25) is 5.88 Å². The molecule has 1 aromatic heterocycles. The van der Waals surface area contributed by atoms with Crippen molar-refractivity contribution in [1.82, 2.24) is 5.16 Å². The fourth-order valence-corrected chi connectivity index (χ4v) is 4.08. The summed E-state index contributed by atoms with van der Waals surface area (Å²) in [7, 11) is 0. The zero-order valence-corrected chi connectivity index (χ0v) is 12.0. The van der Waals surface area contributed by atoms with E-state index in [0.717, 1.165) is 17.2 Å². The molecule has 0 saturated heterocycles. The van der Waals surface area contributed by atoms with Crippen LogP contribution in [0.3, 0.4) is 0 Å². The molecular formula is C17H20N2O. The zero-order chi connectivity index (χ0) is 13.9. The highest BCUT2D eigenvalue weighted by Crippen LogP contribution is 2.65. The molecular weight excluding hydrogens is 248 g/mol. The summed E-state index contributed by atoms with van der Waals surface area (Å²) in [6.07, 6.45) is 2.45. The van der Waals surface area contributed by atoms with Crippen molar-refractivity contribution in [3.8, 4) is 0 Å². The molecule has 2 aromatic rings. The number of nitrogen functional groups attached to an aromatic ring is 1. The minimum Gasteiger partial charge on any atom is -0.367 e. The number of hydrogen-bond donors (Lipinski definition) is 1. The van der Waals surface area contributed by atoms with E-state index >= 15 is 0 Å². The highest BCUT2D eigenvalue weighted by Gasteiger charge is 2.56. The minimum atomic E-state index is 0.370. The van der Waals surface area contributed by atoms with Gasteiger partial charge in [-0.2, -0.15) is 0 Å². The Morgan fingerprint density at radius 3 is 2.85 bits per heavy atom. The Bertz CT molecular complexity index is 659. The second-order valence-corrected chi connectivity index (χ2v) is 6.45. The van der Waals surface area contributed by atoms with Crippen LogP contribution in [0, 0.1) is 5.92 Å². The van der Waals surface area contributed by atoms with Crippen LogP contribution in [-0.4, -0.2) is 5.16 Å². The molecule has 0 aliphatic heterocycles. The summed E-state index contributed by atoms with van der Waals surface area (Å²) in [5.41, 5.74) is 11.2. The first kappa shape index (κ1) is 12.0. The number of fused-ring (bicyclic) bond motifs is 3. The molecule has 3 unspecified atom stereocenters. The van der Waals surface area contributed by atoms with Crippen molar-refractivity contribution in [2.45, 2.75) is 44.4 Å². The first-order valence-corrected chi connectivity index (χ1v) is 7.51. The van der Waals surface area contributed by atoms with E-state index in [-0.39, 0.29) is 0 Å². The fraction of sp³-hybridized carbons (Fsp3) is 0.471. The smallest absolute Gasteiger partial charge is 0.225 e. The molecule has 0 spiro atoms. The molecule has 2 aliphatic rings. The summed E-state index contributed by atoms with van der Waals surface area (Å²) in [5, 5.41) is 4.30. The normalized spacial score (nSPS) is 27.2. The highest BCUT2D eigenvalue weighted by molar-refractivity contribution is 5.50. The predicted molar refractivity (Wildman–Crippen MR) is 78.7 cm³/mol. The van der Waals surface area contributed by atoms with Gasteiger partial charge in [-0.1, -0.05) is 43.3 Å². The van der Waals surface area contributed by atoms with Crippen LogP contribution >= 0.6 is 0 Å². The summed E-state index contributed by atoms with van der Waals surface area (Å²) in [5.74, 6) is 2.74. The van der Waals surface area contributed by atoms with Crippen molar-refractivity contribution in [2.75, 3.05) is 5.73 Å². The molecule has 104 valence electrons. The lowest BCUT2D eigenvalue weighted by molar-refractivity contribution is 0.426. The number of rotatable bonds is 2. The van der Waals surface area contributed by atoms with Crippen molar-refractivity contribution in [3.63, 3.8) is 0 Å². The summed E-state index contributed by atoms with van der Waals surface area (Å²) < 4.78 is 5.28. The van der Waals surface area contributed by atoms with Crippen molar-refractivity contribution >= 4 is 5.88 Å². The number of nitrogens with zero attached hydrogens (tertiary/aromatic N) is 1. The third-order valence-corrected chi connectivity index (χ3v) is 5.01. The second-order valence-electron chi connectivity index (χ2n) is 6.45. The van der Waals surface area contributed by atoms with Crippen LogP contribution in [0.5, 0.6) is 0 Å². The van der Waals surface area contributed by atoms with Crippen LogP contribution in [0.15, 0.2) is 28.8 Å². The lowest BCUT2D eigenvalue weighted by Crippen LogP contribution is -2.00. The Labute approximate surface area is 119 Å². The summed E-state index contributed by atoms with van der Waals surface area (Å²) in [4.78, 5) is 0. The highest BCUT2D eigenvalue weighted by atomic mass is 16.5. The second kappa shape index (κ2) is 4.11. The van der Waals surface area contributed by atoms with Crippen molar-refractivity contribution in [1.29, 1.82) is 0 Å². The monoisotopic (exact) mass is 268 g/mol. The molecule has 0 bridgehead atoms. The van der Waals surface area contributed by atoms with Gasteiger partial charge in [-0.05, 0) is 41.7 Å². The average Bonchev–Trinajstić information content (AvgIpc) is 3.06. The van der Waals surface area contributed by atoms with Crippen molar-refractivity contribution in [3.05, 3.63) is 46.6 Å². The molecule has 20 heavy (non-hydrogen) atoms. The molecule has 3 nitrogen and oxygen atoms in total. The van der Waals surface area contributed by atoms with E-state index in [0.29, 0.717) is 23.6 Å². The van der Waals surface area contributed by atoms with E-state index in [2.05, 4.69) is 43.3 Å². The molecule has 2 N–H and O–H groups in total. The Morgan fingerprint density at radius 2 is 2.05 bits per heavy atom. The van der Waals surface area contributed by atoms with E-state index in [9.17, 15) is 0 Å². The molecule has 3 atom stereocenters. The first-order chi connectivity index (χ1) is 9.68. The van der Waals surface area contributed by atoms with E-state index in [1.165, 1.54) is 24.0 Å². The van der Waals surface area contributed by atoms with Crippen LogP contribution in [-0.2, 0) is 6.42 Å². The molecule has 2 aliphatic carbocycles. The number of hydrogen-bond acceptors (Lipinski definition) is 3. The van der Waals surface area contributed by atoms with Crippen LogP contribution in [0.4, 0.5) is 5.88 Å². The van der Waals surface area contributed by atoms with Crippen molar-refractivity contribution in [2.24, 2.45) is 5.92 Å². The lowest BCUT2D eigenvalue weighted by atomic mass is 9.92. The van der Waals surface area contributed by atoms with Gasteiger partial charge < -0.3 is 10.3 Å². The van der Waals surface area contributed by atoms with Gasteiger partial charge in [-0.25, -0.2) is 0 Å². The number of nitrogens with two attached hydrogens (primary N) is 1. The third-order valence-electron chi connectivity index (χ3n) is 5.01. The van der Waals surface area contributed by atoms with E-state index < -0.39 is 0 Å². The van der Waals surface area contributed by atoms with E-state index in [4.69, 9.17) is 10.3 Å². The molecule has 1 aromatic carbocycles. The van der Waals surface area contributed by atoms with Crippen LogP contribution in [0.2, 0.25) is 0 Å². The van der Waals surface area contributed by atoms with Crippen LogP contribution in [0.25, 0.3) is 0 Å². The average molecular weight is 268 g/mol. The number of anilines is 1. The lowest BCUT2D eigenvalue weighted by Gasteiger charge is -2.13. The van der Waals surface area contributed by atoms with Gasteiger partial charge in [0.25, 0.3) is 0 Å². The van der Waals surface area contributed by atoms with Gasteiger partial charge in [0, 0.05) is 11.5 Å². The largest absolute Gasteiger partial charge is 0.367 e. The SMILES string of the molecule is CC(C)c1c(C2C3CCc4ccccc4C32)noc1N. The zero-order valence-electron chi connectivity index (χ0n) is 12.0.